The predicted octanol–water partition coefficient (Wildman–Crippen LogP) is 4.17. The van der Waals surface area contributed by atoms with E-state index >= 15 is 0 Å². The molecule has 0 unspecified atom stereocenters. The fourth-order valence-electron chi connectivity index (χ4n) is 2.47. The summed E-state index contributed by atoms with van der Waals surface area (Å²) < 4.78 is 20.9. The lowest BCUT2D eigenvalue weighted by molar-refractivity contribution is -0.135. The summed E-state index contributed by atoms with van der Waals surface area (Å²) in [6.07, 6.45) is 2.55. The van der Waals surface area contributed by atoms with E-state index in [1.807, 2.05) is 0 Å². The number of benzene rings is 2. The Labute approximate surface area is 159 Å². The van der Waals surface area contributed by atoms with Gasteiger partial charge in [-0.2, -0.15) is 0 Å². The largest absolute Gasteiger partial charge is 0.493 e. The Morgan fingerprint density at radius 3 is 1.37 bits per heavy atom. The van der Waals surface area contributed by atoms with Gasteiger partial charge in [0.25, 0.3) is 0 Å². The Balaban J connectivity index is 1.65. The Kier molecular flexibility index (Phi) is 8.16. The van der Waals surface area contributed by atoms with Crippen molar-refractivity contribution in [2.45, 2.75) is 32.1 Å². The van der Waals surface area contributed by atoms with Gasteiger partial charge in [0.1, 0.15) is 0 Å². The Hall–Kier alpha value is -3.02. The van der Waals surface area contributed by atoms with Crippen LogP contribution in [0.2, 0.25) is 0 Å². The molecule has 0 atom stereocenters. The van der Waals surface area contributed by atoms with Crippen molar-refractivity contribution in [3.05, 3.63) is 48.5 Å². The zero-order valence-electron chi connectivity index (χ0n) is 15.6. The Bertz CT molecular complexity index is 692. The number of methoxy groups -OCH3 is 2. The standard InChI is InChI=1S/C21H24O6/c1-24-16-10-6-8-12-18(16)26-20(22)14-4-3-5-15-21(23)27-19-13-9-7-11-17(19)25-2/h6-13H,3-5,14-15H2,1-2H3. The minimum Gasteiger partial charge on any atom is -0.493 e. The SMILES string of the molecule is COc1ccccc1OC(=O)CCCCCC(=O)Oc1ccccc1OC. The molecular weight excluding hydrogens is 348 g/mol. The highest BCUT2D eigenvalue weighted by Gasteiger charge is 2.11. The zero-order chi connectivity index (χ0) is 19.5. The molecule has 0 amide bonds. The first kappa shape index (κ1) is 20.3. The first-order valence-electron chi connectivity index (χ1n) is 8.81. The van der Waals surface area contributed by atoms with Gasteiger partial charge in [-0.1, -0.05) is 30.7 Å². The predicted molar refractivity (Wildman–Crippen MR) is 100 cm³/mol. The lowest BCUT2D eigenvalue weighted by Crippen LogP contribution is -2.10. The summed E-state index contributed by atoms with van der Waals surface area (Å²) in [7, 11) is 3.05. The summed E-state index contributed by atoms with van der Waals surface area (Å²) >= 11 is 0. The Morgan fingerprint density at radius 1 is 0.630 bits per heavy atom. The molecule has 0 aromatic heterocycles. The fraction of sp³-hybridized carbons (Fsp3) is 0.333. The van der Waals surface area contributed by atoms with Gasteiger partial charge in [-0.25, -0.2) is 0 Å². The van der Waals surface area contributed by atoms with Crippen LogP contribution in [0.1, 0.15) is 32.1 Å². The van der Waals surface area contributed by atoms with Crippen LogP contribution in [0.25, 0.3) is 0 Å². The molecule has 2 aromatic carbocycles. The summed E-state index contributed by atoms with van der Waals surface area (Å²) in [6.45, 7) is 0. The van der Waals surface area contributed by atoms with E-state index in [1.165, 1.54) is 14.2 Å². The van der Waals surface area contributed by atoms with Gasteiger partial charge in [-0.05, 0) is 37.1 Å². The van der Waals surface area contributed by atoms with Crippen LogP contribution >= 0.6 is 0 Å². The second-order valence-corrected chi connectivity index (χ2v) is 5.81. The fourth-order valence-corrected chi connectivity index (χ4v) is 2.47. The first-order chi connectivity index (χ1) is 13.1. The quantitative estimate of drug-likeness (QED) is 0.354. The van der Waals surface area contributed by atoms with Crippen molar-refractivity contribution in [2.24, 2.45) is 0 Å². The summed E-state index contributed by atoms with van der Waals surface area (Å²) in [5.41, 5.74) is 0. The van der Waals surface area contributed by atoms with Crippen molar-refractivity contribution in [2.75, 3.05) is 14.2 Å². The van der Waals surface area contributed by atoms with Crippen LogP contribution in [0, 0.1) is 0 Å². The molecule has 0 saturated carbocycles. The van der Waals surface area contributed by atoms with Crippen LogP contribution in [-0.4, -0.2) is 26.2 Å². The average Bonchev–Trinajstić information content (AvgIpc) is 2.68. The van der Waals surface area contributed by atoms with Gasteiger partial charge in [0.15, 0.2) is 23.0 Å². The molecule has 6 heteroatoms. The summed E-state index contributed by atoms with van der Waals surface area (Å²) in [5, 5.41) is 0. The maximum absolute atomic E-state index is 11.9. The third kappa shape index (κ3) is 6.66. The van der Waals surface area contributed by atoms with Crippen molar-refractivity contribution in [1.82, 2.24) is 0 Å². The molecule has 0 spiro atoms. The number of unbranched alkanes of at least 4 members (excludes halogenated alkanes) is 2. The summed E-state index contributed by atoms with van der Waals surface area (Å²) in [5.74, 6) is 1.21. The molecular formula is C21H24O6. The van der Waals surface area contributed by atoms with Crippen molar-refractivity contribution >= 4 is 11.9 Å². The number of hydrogen-bond donors (Lipinski definition) is 0. The molecule has 0 aliphatic heterocycles. The molecule has 2 aromatic rings. The maximum Gasteiger partial charge on any atom is 0.311 e. The minimum absolute atomic E-state index is 0.277. The summed E-state index contributed by atoms with van der Waals surface area (Å²) in [6, 6.07) is 14.0. The maximum atomic E-state index is 11.9. The van der Waals surface area contributed by atoms with Crippen molar-refractivity contribution in [1.29, 1.82) is 0 Å². The summed E-state index contributed by atoms with van der Waals surface area (Å²) in [4.78, 5) is 23.8. The number of carbonyl (C=O) groups is 2. The van der Waals surface area contributed by atoms with E-state index in [0.717, 1.165) is 6.42 Å². The molecule has 0 fully saturated rings. The van der Waals surface area contributed by atoms with Gasteiger partial charge in [0, 0.05) is 12.8 Å². The van der Waals surface area contributed by atoms with E-state index in [2.05, 4.69) is 0 Å². The van der Waals surface area contributed by atoms with Crippen LogP contribution in [0.4, 0.5) is 0 Å². The molecule has 0 heterocycles. The molecule has 6 nitrogen and oxygen atoms in total. The molecule has 0 aliphatic rings. The topological polar surface area (TPSA) is 71.1 Å². The smallest absolute Gasteiger partial charge is 0.311 e. The number of ether oxygens (including phenoxy) is 4. The van der Waals surface area contributed by atoms with E-state index in [1.54, 1.807) is 48.5 Å². The van der Waals surface area contributed by atoms with E-state index < -0.39 is 0 Å². The molecule has 2 rings (SSSR count). The van der Waals surface area contributed by atoms with Gasteiger partial charge in [-0.3, -0.25) is 9.59 Å². The highest BCUT2D eigenvalue weighted by Crippen LogP contribution is 2.27. The van der Waals surface area contributed by atoms with Crippen LogP contribution < -0.4 is 18.9 Å². The first-order valence-corrected chi connectivity index (χ1v) is 8.81. The highest BCUT2D eigenvalue weighted by atomic mass is 16.6. The monoisotopic (exact) mass is 372 g/mol. The normalized spacial score (nSPS) is 10.1. The molecule has 0 aliphatic carbocycles. The third-order valence-corrected chi connectivity index (χ3v) is 3.85. The van der Waals surface area contributed by atoms with Gasteiger partial charge < -0.3 is 18.9 Å². The van der Waals surface area contributed by atoms with Crippen molar-refractivity contribution in [3.8, 4) is 23.0 Å². The molecule has 27 heavy (non-hydrogen) atoms. The van der Waals surface area contributed by atoms with Gasteiger partial charge >= 0.3 is 11.9 Å². The molecule has 0 N–H and O–H groups in total. The second kappa shape index (κ2) is 10.9. The van der Waals surface area contributed by atoms with E-state index in [0.29, 0.717) is 35.8 Å². The average molecular weight is 372 g/mol. The molecule has 0 radical (unpaired) electrons. The van der Waals surface area contributed by atoms with Crippen LogP contribution in [-0.2, 0) is 9.59 Å². The molecule has 0 bridgehead atoms. The number of para-hydroxylation sites is 4. The van der Waals surface area contributed by atoms with Gasteiger partial charge in [0.2, 0.25) is 0 Å². The van der Waals surface area contributed by atoms with Crippen molar-refractivity contribution in [3.63, 3.8) is 0 Å². The van der Waals surface area contributed by atoms with Crippen LogP contribution in [0.3, 0.4) is 0 Å². The number of hydrogen-bond acceptors (Lipinski definition) is 6. The Morgan fingerprint density at radius 2 is 1.00 bits per heavy atom. The number of carbonyl (C=O) groups excluding carboxylic acids is 2. The molecule has 144 valence electrons. The lowest BCUT2D eigenvalue weighted by atomic mass is 10.1. The van der Waals surface area contributed by atoms with Crippen molar-refractivity contribution < 1.29 is 28.5 Å². The van der Waals surface area contributed by atoms with E-state index in [4.69, 9.17) is 18.9 Å². The third-order valence-electron chi connectivity index (χ3n) is 3.85. The second-order valence-electron chi connectivity index (χ2n) is 5.81. The van der Waals surface area contributed by atoms with Gasteiger partial charge in [-0.15, -0.1) is 0 Å². The molecule has 0 saturated heterocycles. The van der Waals surface area contributed by atoms with Gasteiger partial charge in [0.05, 0.1) is 14.2 Å². The van der Waals surface area contributed by atoms with E-state index in [-0.39, 0.29) is 24.8 Å². The van der Waals surface area contributed by atoms with E-state index in [9.17, 15) is 9.59 Å². The number of rotatable bonds is 10. The zero-order valence-corrected chi connectivity index (χ0v) is 15.6. The van der Waals surface area contributed by atoms with Crippen LogP contribution in [0.15, 0.2) is 48.5 Å². The minimum atomic E-state index is -0.323. The van der Waals surface area contributed by atoms with Crippen LogP contribution in [0.5, 0.6) is 23.0 Å². The lowest BCUT2D eigenvalue weighted by Gasteiger charge is -2.09. The highest BCUT2D eigenvalue weighted by molar-refractivity contribution is 5.74. The number of esters is 2.